The Morgan fingerprint density at radius 1 is 1.03 bits per heavy atom. The van der Waals surface area contributed by atoms with Crippen LogP contribution in [0.2, 0.25) is 0 Å². The number of carbonyl (C=O) groups is 2. The largest absolute Gasteiger partial charge is 0.357 e. The summed E-state index contributed by atoms with van der Waals surface area (Å²) in [5, 5.41) is 4.02. The van der Waals surface area contributed by atoms with Crippen molar-refractivity contribution in [2.75, 3.05) is 36.4 Å². The molecule has 2 fully saturated rings. The zero-order chi connectivity index (χ0) is 22.7. The monoisotopic (exact) mass is 436 g/mol. The number of aryl methyl sites for hydroxylation is 1. The van der Waals surface area contributed by atoms with Crippen LogP contribution in [0.1, 0.15) is 57.9 Å². The number of piperidine rings is 2. The Balaban J connectivity index is 1.36. The summed E-state index contributed by atoms with van der Waals surface area (Å²) in [7, 11) is 0. The van der Waals surface area contributed by atoms with E-state index in [1.807, 2.05) is 23.1 Å². The molecule has 0 saturated carbocycles. The summed E-state index contributed by atoms with van der Waals surface area (Å²) < 4.78 is 0. The van der Waals surface area contributed by atoms with E-state index in [1.54, 1.807) is 0 Å². The van der Waals surface area contributed by atoms with Crippen LogP contribution in [0.3, 0.4) is 0 Å². The molecule has 172 valence electrons. The van der Waals surface area contributed by atoms with Gasteiger partial charge in [-0.1, -0.05) is 13.8 Å². The molecular formula is C26H36N4O2. The molecule has 2 amide bonds. The fraction of sp³-hybridized carbons (Fsp3) is 0.577. The Labute approximate surface area is 191 Å². The normalized spacial score (nSPS) is 21.6. The lowest BCUT2D eigenvalue weighted by atomic mass is 9.91. The van der Waals surface area contributed by atoms with E-state index in [1.165, 1.54) is 25.7 Å². The van der Waals surface area contributed by atoms with Crippen LogP contribution in [0.15, 0.2) is 24.3 Å². The maximum Gasteiger partial charge on any atom is 0.224 e. The van der Waals surface area contributed by atoms with Crippen molar-refractivity contribution >= 4 is 34.2 Å². The molecule has 3 heterocycles. The van der Waals surface area contributed by atoms with E-state index in [0.29, 0.717) is 11.8 Å². The van der Waals surface area contributed by atoms with E-state index in [4.69, 9.17) is 4.98 Å². The SMILES string of the molecule is Cc1cc(N2CCCCC2)nc2ccc(NC(=O)CCC(=O)N3CC(C)CC(C)C3)cc12. The third-order valence-electron chi connectivity index (χ3n) is 6.75. The first-order chi connectivity index (χ1) is 15.4. The minimum absolute atomic E-state index is 0.0855. The standard InChI is InChI=1S/C26H36N4O2/c1-18-13-19(2)17-30(16-18)26(32)10-9-25(31)27-21-7-8-23-22(15-21)20(3)14-24(28-23)29-11-5-4-6-12-29/h7-8,14-15,18-19H,4-6,9-13,16-17H2,1-3H3,(H,27,31). The number of amides is 2. The lowest BCUT2D eigenvalue weighted by Gasteiger charge is -2.35. The van der Waals surface area contributed by atoms with E-state index in [0.717, 1.165) is 54.2 Å². The molecule has 2 saturated heterocycles. The van der Waals surface area contributed by atoms with Gasteiger partial charge in [-0.3, -0.25) is 9.59 Å². The van der Waals surface area contributed by atoms with Crippen molar-refractivity contribution in [3.8, 4) is 0 Å². The molecule has 6 heteroatoms. The fourth-order valence-electron chi connectivity index (χ4n) is 5.21. The van der Waals surface area contributed by atoms with Gasteiger partial charge in [0, 0.05) is 50.1 Å². The number of anilines is 2. The van der Waals surface area contributed by atoms with E-state index >= 15 is 0 Å². The van der Waals surface area contributed by atoms with E-state index < -0.39 is 0 Å². The molecule has 2 unspecified atom stereocenters. The first-order valence-corrected chi connectivity index (χ1v) is 12.1. The number of hydrogen-bond donors (Lipinski definition) is 1. The number of benzene rings is 1. The second-order valence-corrected chi connectivity index (χ2v) is 9.87. The van der Waals surface area contributed by atoms with Gasteiger partial charge >= 0.3 is 0 Å². The molecule has 0 radical (unpaired) electrons. The van der Waals surface area contributed by atoms with Gasteiger partial charge in [0.15, 0.2) is 0 Å². The molecule has 2 aliphatic heterocycles. The zero-order valence-corrected chi connectivity index (χ0v) is 19.7. The van der Waals surface area contributed by atoms with Crippen molar-refractivity contribution in [1.29, 1.82) is 0 Å². The smallest absolute Gasteiger partial charge is 0.224 e. The minimum atomic E-state index is -0.119. The second-order valence-electron chi connectivity index (χ2n) is 9.87. The van der Waals surface area contributed by atoms with E-state index in [9.17, 15) is 9.59 Å². The van der Waals surface area contributed by atoms with Crippen LogP contribution in [0, 0.1) is 18.8 Å². The lowest BCUT2D eigenvalue weighted by molar-refractivity contribution is -0.135. The summed E-state index contributed by atoms with van der Waals surface area (Å²) in [6.07, 6.45) is 5.39. The minimum Gasteiger partial charge on any atom is -0.357 e. The molecule has 1 aromatic carbocycles. The predicted octanol–water partition coefficient (Wildman–Crippen LogP) is 4.76. The number of pyridine rings is 1. The highest BCUT2D eigenvalue weighted by Gasteiger charge is 2.25. The molecule has 2 aromatic rings. The Hall–Kier alpha value is -2.63. The Bertz CT molecular complexity index is 973. The molecular weight excluding hydrogens is 400 g/mol. The van der Waals surface area contributed by atoms with Crippen LogP contribution < -0.4 is 10.2 Å². The van der Waals surface area contributed by atoms with Gasteiger partial charge in [-0.25, -0.2) is 4.98 Å². The van der Waals surface area contributed by atoms with Crippen LogP contribution in [0.5, 0.6) is 0 Å². The molecule has 1 N–H and O–H groups in total. The Morgan fingerprint density at radius 2 is 1.75 bits per heavy atom. The van der Waals surface area contributed by atoms with Gasteiger partial charge in [0.05, 0.1) is 5.52 Å². The average molecular weight is 437 g/mol. The molecule has 4 rings (SSSR count). The van der Waals surface area contributed by atoms with E-state index in [2.05, 4.69) is 37.1 Å². The fourth-order valence-corrected chi connectivity index (χ4v) is 5.21. The molecule has 0 bridgehead atoms. The number of fused-ring (bicyclic) bond motifs is 1. The Kier molecular flexibility index (Phi) is 6.97. The second kappa shape index (κ2) is 9.88. The van der Waals surface area contributed by atoms with Crippen LogP contribution >= 0.6 is 0 Å². The molecule has 2 aliphatic rings. The summed E-state index contributed by atoms with van der Waals surface area (Å²) in [4.78, 5) is 34.2. The van der Waals surface area contributed by atoms with Crippen molar-refractivity contribution in [3.05, 3.63) is 29.8 Å². The van der Waals surface area contributed by atoms with Crippen LogP contribution in [0.4, 0.5) is 11.5 Å². The number of likely N-dealkylation sites (tertiary alicyclic amines) is 1. The quantitative estimate of drug-likeness (QED) is 0.734. The molecule has 0 spiro atoms. The maximum absolute atomic E-state index is 12.6. The number of rotatable bonds is 5. The summed E-state index contributed by atoms with van der Waals surface area (Å²) >= 11 is 0. The summed E-state index contributed by atoms with van der Waals surface area (Å²) in [6, 6.07) is 8.03. The predicted molar refractivity (Wildman–Crippen MR) is 130 cm³/mol. The van der Waals surface area contributed by atoms with E-state index in [-0.39, 0.29) is 24.7 Å². The molecule has 6 nitrogen and oxygen atoms in total. The summed E-state index contributed by atoms with van der Waals surface area (Å²) in [6.45, 7) is 10.2. The van der Waals surface area contributed by atoms with Gasteiger partial charge in [0.1, 0.15) is 5.82 Å². The van der Waals surface area contributed by atoms with Crippen molar-refractivity contribution in [2.45, 2.75) is 59.3 Å². The zero-order valence-electron chi connectivity index (χ0n) is 19.7. The third-order valence-corrected chi connectivity index (χ3v) is 6.75. The van der Waals surface area contributed by atoms with Gasteiger partial charge in [0.25, 0.3) is 0 Å². The molecule has 32 heavy (non-hydrogen) atoms. The number of aromatic nitrogens is 1. The van der Waals surface area contributed by atoms with Crippen molar-refractivity contribution in [3.63, 3.8) is 0 Å². The van der Waals surface area contributed by atoms with Crippen LogP contribution in [0.25, 0.3) is 10.9 Å². The van der Waals surface area contributed by atoms with Crippen molar-refractivity contribution in [1.82, 2.24) is 9.88 Å². The first kappa shape index (κ1) is 22.6. The Morgan fingerprint density at radius 3 is 2.47 bits per heavy atom. The van der Waals surface area contributed by atoms with Crippen molar-refractivity contribution < 1.29 is 9.59 Å². The highest BCUT2D eigenvalue weighted by Crippen LogP contribution is 2.27. The third kappa shape index (κ3) is 5.40. The van der Waals surface area contributed by atoms with Gasteiger partial charge in [-0.05, 0) is 74.3 Å². The van der Waals surface area contributed by atoms with Crippen LogP contribution in [-0.4, -0.2) is 47.9 Å². The summed E-state index contributed by atoms with van der Waals surface area (Å²) in [5.74, 6) is 2.07. The molecule has 0 aliphatic carbocycles. The van der Waals surface area contributed by atoms with Gasteiger partial charge in [0.2, 0.25) is 11.8 Å². The number of nitrogens with zero attached hydrogens (tertiary/aromatic N) is 3. The van der Waals surface area contributed by atoms with Gasteiger partial charge in [-0.15, -0.1) is 0 Å². The number of nitrogens with one attached hydrogen (secondary N) is 1. The van der Waals surface area contributed by atoms with Crippen LogP contribution in [-0.2, 0) is 9.59 Å². The molecule has 2 atom stereocenters. The highest BCUT2D eigenvalue weighted by atomic mass is 16.2. The summed E-state index contributed by atoms with van der Waals surface area (Å²) in [5.41, 5.74) is 2.87. The van der Waals surface area contributed by atoms with Gasteiger partial charge in [-0.2, -0.15) is 0 Å². The average Bonchev–Trinajstić information content (AvgIpc) is 2.77. The first-order valence-electron chi connectivity index (χ1n) is 12.1. The highest BCUT2D eigenvalue weighted by molar-refractivity contribution is 5.96. The number of hydrogen-bond acceptors (Lipinski definition) is 4. The van der Waals surface area contributed by atoms with Gasteiger partial charge < -0.3 is 15.1 Å². The van der Waals surface area contributed by atoms with Crippen molar-refractivity contribution in [2.24, 2.45) is 11.8 Å². The lowest BCUT2D eigenvalue weighted by Crippen LogP contribution is -2.42. The maximum atomic E-state index is 12.6. The number of carbonyl (C=O) groups excluding carboxylic acids is 2. The molecule has 1 aromatic heterocycles. The topological polar surface area (TPSA) is 65.5 Å².